The molecule has 0 heterocycles. The first-order valence-corrected chi connectivity index (χ1v) is 6.66. The molecule has 3 aromatic rings. The fourth-order valence-corrected chi connectivity index (χ4v) is 2.16. The van der Waals surface area contributed by atoms with Gasteiger partial charge in [-0.05, 0) is 47.2 Å². The zero-order chi connectivity index (χ0) is 14.7. The van der Waals surface area contributed by atoms with Crippen LogP contribution in [0.25, 0.3) is 10.8 Å². The predicted octanol–water partition coefficient (Wildman–Crippen LogP) is 4.30. The first kappa shape index (κ1) is 13.2. The van der Waals surface area contributed by atoms with E-state index in [2.05, 4.69) is 4.99 Å². The lowest BCUT2D eigenvalue weighted by Gasteiger charge is -2.03. The molecule has 0 atom stereocenters. The Kier molecular flexibility index (Phi) is 3.56. The van der Waals surface area contributed by atoms with Gasteiger partial charge in [-0.25, -0.2) is 0 Å². The van der Waals surface area contributed by atoms with Crippen molar-refractivity contribution in [2.45, 2.75) is 0 Å². The highest BCUT2D eigenvalue weighted by Gasteiger charge is 2.01. The summed E-state index contributed by atoms with van der Waals surface area (Å²) in [5, 5.41) is 12.1. The summed E-state index contributed by atoms with van der Waals surface area (Å²) in [6.45, 7) is 0. The molecule has 3 aromatic carbocycles. The minimum atomic E-state index is 0.228. The third-order valence-corrected chi connectivity index (χ3v) is 3.32. The van der Waals surface area contributed by atoms with Crippen LogP contribution in [0.2, 0.25) is 0 Å². The van der Waals surface area contributed by atoms with E-state index in [1.807, 2.05) is 54.6 Å². The Balaban J connectivity index is 1.92. The van der Waals surface area contributed by atoms with E-state index >= 15 is 0 Å². The van der Waals surface area contributed by atoms with Gasteiger partial charge in [0.05, 0.1) is 12.8 Å². The molecule has 0 bridgehead atoms. The number of hydrogen-bond donors (Lipinski definition) is 1. The molecule has 0 aliphatic heterocycles. The topological polar surface area (TPSA) is 41.8 Å². The second-order valence-electron chi connectivity index (χ2n) is 4.71. The van der Waals surface area contributed by atoms with Gasteiger partial charge < -0.3 is 9.84 Å². The fourth-order valence-electron chi connectivity index (χ4n) is 2.16. The zero-order valence-electron chi connectivity index (χ0n) is 11.7. The second kappa shape index (κ2) is 5.67. The monoisotopic (exact) mass is 277 g/mol. The van der Waals surface area contributed by atoms with Crippen LogP contribution in [0.3, 0.4) is 0 Å². The largest absolute Gasteiger partial charge is 0.507 e. The zero-order valence-corrected chi connectivity index (χ0v) is 11.7. The molecule has 104 valence electrons. The average molecular weight is 277 g/mol. The van der Waals surface area contributed by atoms with E-state index in [4.69, 9.17) is 4.74 Å². The minimum Gasteiger partial charge on any atom is -0.507 e. The van der Waals surface area contributed by atoms with Gasteiger partial charge in [0.15, 0.2) is 0 Å². The van der Waals surface area contributed by atoms with Crippen LogP contribution in [0.1, 0.15) is 5.56 Å². The molecule has 0 spiro atoms. The van der Waals surface area contributed by atoms with Crippen LogP contribution in [0.4, 0.5) is 5.69 Å². The maximum absolute atomic E-state index is 10.1. The van der Waals surface area contributed by atoms with Gasteiger partial charge >= 0.3 is 0 Å². The number of fused-ring (bicyclic) bond motifs is 1. The van der Waals surface area contributed by atoms with Gasteiger partial charge in [0.2, 0.25) is 0 Å². The lowest BCUT2D eigenvalue weighted by molar-refractivity contribution is 0.415. The van der Waals surface area contributed by atoms with Crippen molar-refractivity contribution in [1.29, 1.82) is 0 Å². The molecule has 21 heavy (non-hydrogen) atoms. The summed E-state index contributed by atoms with van der Waals surface area (Å²) in [7, 11) is 1.63. The standard InChI is InChI=1S/C18H15NO2/c1-21-17-8-6-16(7-9-17)19-12-15-10-13-4-2-3-5-14(13)11-18(15)20/h2-12,20H,1H3. The Hall–Kier alpha value is -2.81. The van der Waals surface area contributed by atoms with Gasteiger partial charge in [0.25, 0.3) is 0 Å². The molecule has 0 aromatic heterocycles. The summed E-state index contributed by atoms with van der Waals surface area (Å²) in [5.74, 6) is 1.02. The summed E-state index contributed by atoms with van der Waals surface area (Å²) in [6.07, 6.45) is 1.67. The number of hydrogen-bond acceptors (Lipinski definition) is 3. The van der Waals surface area contributed by atoms with Crippen molar-refractivity contribution < 1.29 is 9.84 Å². The molecule has 0 amide bonds. The van der Waals surface area contributed by atoms with Crippen LogP contribution in [0.15, 0.2) is 65.7 Å². The van der Waals surface area contributed by atoms with Crippen LogP contribution in [0, 0.1) is 0 Å². The Labute approximate surface area is 123 Å². The molecule has 0 saturated carbocycles. The van der Waals surface area contributed by atoms with Crippen LogP contribution in [-0.2, 0) is 0 Å². The van der Waals surface area contributed by atoms with Crippen LogP contribution < -0.4 is 4.74 Å². The van der Waals surface area contributed by atoms with Crippen LogP contribution in [-0.4, -0.2) is 18.4 Å². The molecule has 3 nitrogen and oxygen atoms in total. The molecule has 0 aliphatic carbocycles. The van der Waals surface area contributed by atoms with Gasteiger partial charge in [-0.2, -0.15) is 0 Å². The van der Waals surface area contributed by atoms with E-state index in [1.165, 1.54) is 0 Å². The number of benzene rings is 3. The average Bonchev–Trinajstić information content (AvgIpc) is 2.53. The number of ether oxygens (including phenoxy) is 1. The summed E-state index contributed by atoms with van der Waals surface area (Å²) < 4.78 is 5.11. The molecular weight excluding hydrogens is 262 g/mol. The molecular formula is C18H15NO2. The molecule has 3 rings (SSSR count). The van der Waals surface area contributed by atoms with Crippen LogP contribution in [0.5, 0.6) is 11.5 Å². The van der Waals surface area contributed by atoms with Gasteiger partial charge in [-0.1, -0.05) is 24.3 Å². The first-order chi connectivity index (χ1) is 10.3. The van der Waals surface area contributed by atoms with Crippen molar-refractivity contribution in [2.24, 2.45) is 4.99 Å². The van der Waals surface area contributed by atoms with E-state index in [0.717, 1.165) is 22.2 Å². The summed E-state index contributed by atoms with van der Waals surface area (Å²) >= 11 is 0. The molecule has 0 radical (unpaired) electrons. The van der Waals surface area contributed by atoms with Crippen molar-refractivity contribution in [3.8, 4) is 11.5 Å². The van der Waals surface area contributed by atoms with Crippen molar-refractivity contribution in [2.75, 3.05) is 7.11 Å². The maximum Gasteiger partial charge on any atom is 0.124 e. The van der Waals surface area contributed by atoms with Gasteiger partial charge in [0, 0.05) is 11.8 Å². The number of aliphatic imine (C=N–C) groups is 1. The number of phenolic OH excluding ortho intramolecular Hbond substituents is 1. The molecule has 0 saturated heterocycles. The van der Waals surface area contributed by atoms with Crippen LogP contribution >= 0.6 is 0 Å². The number of nitrogens with zero attached hydrogens (tertiary/aromatic N) is 1. The van der Waals surface area contributed by atoms with E-state index in [-0.39, 0.29) is 5.75 Å². The Bertz CT molecular complexity index is 792. The first-order valence-electron chi connectivity index (χ1n) is 6.66. The van der Waals surface area contributed by atoms with E-state index < -0.39 is 0 Å². The fraction of sp³-hybridized carbons (Fsp3) is 0.0556. The Morgan fingerprint density at radius 1 is 0.952 bits per heavy atom. The quantitative estimate of drug-likeness (QED) is 0.725. The normalized spacial score (nSPS) is 11.1. The van der Waals surface area contributed by atoms with Crippen molar-refractivity contribution in [3.05, 3.63) is 66.2 Å². The number of rotatable bonds is 3. The number of aromatic hydroxyl groups is 1. The molecule has 0 aliphatic rings. The smallest absolute Gasteiger partial charge is 0.124 e. The van der Waals surface area contributed by atoms with Gasteiger partial charge in [0.1, 0.15) is 11.5 Å². The SMILES string of the molecule is COc1ccc(N=Cc2cc3ccccc3cc2O)cc1. The van der Waals surface area contributed by atoms with E-state index in [0.29, 0.717) is 5.56 Å². The Morgan fingerprint density at radius 2 is 1.62 bits per heavy atom. The third kappa shape index (κ3) is 2.87. The lowest BCUT2D eigenvalue weighted by Crippen LogP contribution is -1.84. The number of methoxy groups -OCH3 is 1. The predicted molar refractivity (Wildman–Crippen MR) is 85.9 cm³/mol. The minimum absolute atomic E-state index is 0.228. The summed E-state index contributed by atoms with van der Waals surface area (Å²) in [6, 6.07) is 19.0. The Morgan fingerprint density at radius 3 is 2.29 bits per heavy atom. The number of phenols is 1. The van der Waals surface area contributed by atoms with Gasteiger partial charge in [-0.3, -0.25) is 4.99 Å². The van der Waals surface area contributed by atoms with Crippen molar-refractivity contribution in [1.82, 2.24) is 0 Å². The second-order valence-corrected chi connectivity index (χ2v) is 4.71. The highest BCUT2D eigenvalue weighted by molar-refractivity contribution is 5.94. The molecule has 0 unspecified atom stereocenters. The molecule has 1 N–H and O–H groups in total. The summed E-state index contributed by atoms with van der Waals surface area (Å²) in [5.41, 5.74) is 1.51. The maximum atomic E-state index is 10.1. The van der Waals surface area contributed by atoms with E-state index in [9.17, 15) is 5.11 Å². The van der Waals surface area contributed by atoms with Crippen molar-refractivity contribution >= 4 is 22.7 Å². The highest BCUT2D eigenvalue weighted by atomic mass is 16.5. The molecule has 0 fully saturated rings. The van der Waals surface area contributed by atoms with Gasteiger partial charge in [-0.15, -0.1) is 0 Å². The molecule has 3 heteroatoms. The highest BCUT2D eigenvalue weighted by Crippen LogP contribution is 2.24. The summed E-state index contributed by atoms with van der Waals surface area (Å²) in [4.78, 5) is 4.38. The van der Waals surface area contributed by atoms with E-state index in [1.54, 1.807) is 19.4 Å². The van der Waals surface area contributed by atoms with Crippen molar-refractivity contribution in [3.63, 3.8) is 0 Å². The third-order valence-electron chi connectivity index (χ3n) is 3.32. The lowest BCUT2D eigenvalue weighted by atomic mass is 10.1.